The molecule has 2 aliphatic rings. The summed E-state index contributed by atoms with van der Waals surface area (Å²) in [7, 11) is 0. The molecule has 4 heterocycles. The molecule has 0 spiro atoms. The van der Waals surface area contributed by atoms with Crippen LogP contribution in [0.25, 0.3) is 5.76 Å². The van der Waals surface area contributed by atoms with Crippen molar-refractivity contribution in [3.63, 3.8) is 0 Å². The average Bonchev–Trinajstić information content (AvgIpc) is 3.41. The summed E-state index contributed by atoms with van der Waals surface area (Å²) >= 11 is 0. The summed E-state index contributed by atoms with van der Waals surface area (Å²) in [5, 5.41) is 17.9. The number of hydrogen-bond acceptors (Lipinski definition) is 7. The van der Waals surface area contributed by atoms with Crippen molar-refractivity contribution in [3.05, 3.63) is 46.7 Å². The molecule has 0 radical (unpaired) electrons. The summed E-state index contributed by atoms with van der Waals surface area (Å²) in [5.41, 5.74) is 1.64. The highest BCUT2D eigenvalue weighted by molar-refractivity contribution is 6.46. The molecule has 0 unspecified atom stereocenters. The predicted molar refractivity (Wildman–Crippen MR) is 103 cm³/mol. The Morgan fingerprint density at radius 3 is 2.66 bits per heavy atom. The van der Waals surface area contributed by atoms with Gasteiger partial charge in [-0.05, 0) is 26.0 Å². The minimum absolute atomic E-state index is 0.0273. The number of H-pyrrole nitrogens is 1. The number of morpholine rings is 1. The number of nitrogens with zero attached hydrogens (tertiary/aromatic N) is 3. The number of ketones is 1. The molecule has 0 bridgehead atoms. The van der Waals surface area contributed by atoms with E-state index in [1.807, 2.05) is 0 Å². The number of carbonyl (C=O) groups is 2. The number of aliphatic hydroxyl groups excluding tert-OH is 1. The SMILES string of the molecule is Cc1n[nH]c(C)c1C(O)=C1C(=O)C(=O)N(CCN2CCOCC2)[C@H]1c1ccco1. The third-order valence-electron chi connectivity index (χ3n) is 5.48. The summed E-state index contributed by atoms with van der Waals surface area (Å²) < 4.78 is 10.9. The number of ether oxygens (including phenoxy) is 1. The van der Waals surface area contributed by atoms with Crippen LogP contribution in [0.3, 0.4) is 0 Å². The number of aryl methyl sites for hydroxylation is 2. The molecule has 4 rings (SSSR count). The Kier molecular flexibility index (Phi) is 5.25. The average molecular weight is 400 g/mol. The van der Waals surface area contributed by atoms with Crippen LogP contribution in [0.2, 0.25) is 0 Å². The van der Waals surface area contributed by atoms with Crippen LogP contribution in [-0.4, -0.2) is 76.2 Å². The maximum Gasteiger partial charge on any atom is 0.295 e. The van der Waals surface area contributed by atoms with Crippen LogP contribution in [0.15, 0.2) is 28.4 Å². The number of aliphatic hydroxyl groups is 1. The number of furan rings is 1. The number of carbonyl (C=O) groups excluding carboxylic acids is 2. The molecule has 2 N–H and O–H groups in total. The largest absolute Gasteiger partial charge is 0.507 e. The Hall–Kier alpha value is -2.91. The van der Waals surface area contributed by atoms with Crippen molar-refractivity contribution in [2.45, 2.75) is 19.9 Å². The van der Waals surface area contributed by atoms with Gasteiger partial charge < -0.3 is 19.2 Å². The Morgan fingerprint density at radius 1 is 1.28 bits per heavy atom. The Labute approximate surface area is 167 Å². The number of rotatable bonds is 5. The van der Waals surface area contributed by atoms with Gasteiger partial charge in [0.25, 0.3) is 11.7 Å². The molecule has 1 amide bonds. The van der Waals surface area contributed by atoms with Crippen molar-refractivity contribution in [2.75, 3.05) is 39.4 Å². The van der Waals surface area contributed by atoms with Gasteiger partial charge in [-0.1, -0.05) is 0 Å². The topological polar surface area (TPSA) is 112 Å². The van der Waals surface area contributed by atoms with E-state index in [4.69, 9.17) is 9.15 Å². The summed E-state index contributed by atoms with van der Waals surface area (Å²) in [5.74, 6) is -1.15. The molecular weight excluding hydrogens is 376 g/mol. The zero-order chi connectivity index (χ0) is 20.5. The molecular formula is C20H24N4O5. The van der Waals surface area contributed by atoms with Crippen LogP contribution in [0.5, 0.6) is 0 Å². The van der Waals surface area contributed by atoms with E-state index in [1.54, 1.807) is 26.0 Å². The van der Waals surface area contributed by atoms with Crippen molar-refractivity contribution in [1.29, 1.82) is 0 Å². The second-order valence-electron chi connectivity index (χ2n) is 7.27. The van der Waals surface area contributed by atoms with Crippen LogP contribution in [0.4, 0.5) is 0 Å². The van der Waals surface area contributed by atoms with Gasteiger partial charge in [0, 0.05) is 31.9 Å². The van der Waals surface area contributed by atoms with E-state index in [-0.39, 0.29) is 11.3 Å². The quantitative estimate of drug-likeness (QED) is 0.443. The molecule has 9 heteroatoms. The molecule has 2 aromatic rings. The first-order valence-electron chi connectivity index (χ1n) is 9.63. The van der Waals surface area contributed by atoms with E-state index in [1.165, 1.54) is 11.2 Å². The molecule has 154 valence electrons. The molecule has 2 saturated heterocycles. The van der Waals surface area contributed by atoms with E-state index in [0.29, 0.717) is 49.0 Å². The maximum absolute atomic E-state index is 12.9. The van der Waals surface area contributed by atoms with Gasteiger partial charge in [-0.2, -0.15) is 5.10 Å². The fourth-order valence-electron chi connectivity index (χ4n) is 3.96. The lowest BCUT2D eigenvalue weighted by Gasteiger charge is -2.30. The van der Waals surface area contributed by atoms with Gasteiger partial charge in [0.05, 0.1) is 36.3 Å². The summed E-state index contributed by atoms with van der Waals surface area (Å²) in [6.45, 7) is 7.30. The van der Waals surface area contributed by atoms with Crippen molar-refractivity contribution >= 4 is 17.4 Å². The first kappa shape index (κ1) is 19.4. The van der Waals surface area contributed by atoms with E-state index in [2.05, 4.69) is 15.1 Å². The molecule has 2 aliphatic heterocycles. The minimum atomic E-state index is -0.778. The Bertz CT molecular complexity index is 921. The van der Waals surface area contributed by atoms with Crippen LogP contribution in [0.1, 0.15) is 28.8 Å². The highest BCUT2D eigenvalue weighted by Gasteiger charge is 2.47. The first-order valence-corrected chi connectivity index (χ1v) is 9.63. The van der Waals surface area contributed by atoms with Crippen molar-refractivity contribution in [1.82, 2.24) is 20.0 Å². The lowest BCUT2D eigenvalue weighted by atomic mass is 9.98. The molecule has 1 atom stereocenters. The molecule has 9 nitrogen and oxygen atoms in total. The van der Waals surface area contributed by atoms with Crippen LogP contribution < -0.4 is 0 Å². The van der Waals surface area contributed by atoms with Gasteiger partial charge >= 0.3 is 0 Å². The van der Waals surface area contributed by atoms with E-state index in [0.717, 1.165) is 13.1 Å². The van der Waals surface area contributed by atoms with Gasteiger partial charge in [-0.3, -0.25) is 19.6 Å². The summed E-state index contributed by atoms with van der Waals surface area (Å²) in [4.78, 5) is 29.4. The molecule has 2 fully saturated rings. The van der Waals surface area contributed by atoms with Crippen molar-refractivity contribution in [3.8, 4) is 0 Å². The van der Waals surface area contributed by atoms with Gasteiger partial charge in [0.15, 0.2) is 0 Å². The fourth-order valence-corrected chi connectivity index (χ4v) is 3.96. The Balaban J connectivity index is 1.72. The number of hydrogen-bond donors (Lipinski definition) is 2. The lowest BCUT2D eigenvalue weighted by Crippen LogP contribution is -2.42. The number of likely N-dealkylation sites (tertiary alicyclic amines) is 1. The van der Waals surface area contributed by atoms with Crippen LogP contribution >= 0.6 is 0 Å². The molecule has 29 heavy (non-hydrogen) atoms. The van der Waals surface area contributed by atoms with E-state index >= 15 is 0 Å². The van der Waals surface area contributed by atoms with Gasteiger partial charge in [-0.15, -0.1) is 0 Å². The van der Waals surface area contributed by atoms with E-state index < -0.39 is 17.7 Å². The third kappa shape index (κ3) is 3.47. The highest BCUT2D eigenvalue weighted by Crippen LogP contribution is 2.40. The number of nitrogens with one attached hydrogen (secondary N) is 1. The standard InChI is InChI=1S/C20H24N4O5/c1-12-15(13(2)22-21-12)18(25)16-17(14-4-3-9-29-14)24(20(27)19(16)26)6-5-23-7-10-28-11-8-23/h3-4,9,17,25H,5-8,10-11H2,1-2H3,(H,21,22)/t17-/m0/s1. The monoisotopic (exact) mass is 400 g/mol. The zero-order valence-electron chi connectivity index (χ0n) is 16.5. The third-order valence-corrected chi connectivity index (χ3v) is 5.48. The van der Waals surface area contributed by atoms with Crippen molar-refractivity contribution in [2.24, 2.45) is 0 Å². The zero-order valence-corrected chi connectivity index (χ0v) is 16.5. The van der Waals surface area contributed by atoms with Gasteiger partial charge in [0.2, 0.25) is 0 Å². The van der Waals surface area contributed by atoms with Crippen LogP contribution in [0, 0.1) is 13.8 Å². The Morgan fingerprint density at radius 2 is 2.03 bits per heavy atom. The number of amides is 1. The smallest absolute Gasteiger partial charge is 0.295 e. The van der Waals surface area contributed by atoms with E-state index in [9.17, 15) is 14.7 Å². The van der Waals surface area contributed by atoms with Gasteiger partial charge in [0.1, 0.15) is 17.6 Å². The van der Waals surface area contributed by atoms with Crippen LogP contribution in [-0.2, 0) is 14.3 Å². The second-order valence-corrected chi connectivity index (χ2v) is 7.27. The first-order chi connectivity index (χ1) is 14.0. The normalized spacial score (nSPS) is 22.6. The predicted octanol–water partition coefficient (Wildman–Crippen LogP) is 1.37. The molecule has 0 aliphatic carbocycles. The second kappa shape index (κ2) is 7.84. The number of aromatic amines is 1. The van der Waals surface area contributed by atoms with Crippen molar-refractivity contribution < 1.29 is 23.8 Å². The fraction of sp³-hybridized carbons (Fsp3) is 0.450. The minimum Gasteiger partial charge on any atom is -0.507 e. The molecule has 2 aromatic heterocycles. The van der Waals surface area contributed by atoms with Gasteiger partial charge in [-0.25, -0.2) is 0 Å². The summed E-state index contributed by atoms with van der Waals surface area (Å²) in [6, 6.07) is 2.63. The molecule has 0 saturated carbocycles. The highest BCUT2D eigenvalue weighted by atomic mass is 16.5. The molecule has 0 aromatic carbocycles. The maximum atomic E-state index is 12.9. The number of aromatic nitrogens is 2. The summed E-state index contributed by atoms with van der Waals surface area (Å²) in [6.07, 6.45) is 1.49. The number of Topliss-reactive ketones (excluding diaryl/α,β-unsaturated/α-hetero) is 1. The lowest BCUT2D eigenvalue weighted by molar-refractivity contribution is -0.140.